The van der Waals surface area contributed by atoms with E-state index in [0.29, 0.717) is 6.61 Å². The normalized spacial score (nSPS) is 6.08. The van der Waals surface area contributed by atoms with Gasteiger partial charge in [-0.2, -0.15) is 0 Å². The van der Waals surface area contributed by atoms with Gasteiger partial charge in [-0.05, 0) is 6.92 Å². The maximum Gasteiger partial charge on any atom is 0.404 e. The number of carbonyl (C=O) groups excluding carboxylic acids is 2. The van der Waals surface area contributed by atoms with Gasteiger partial charge in [-0.15, -0.1) is 13.2 Å². The van der Waals surface area contributed by atoms with Crippen molar-refractivity contribution in [2.45, 2.75) is 6.92 Å². The molecular formula is C6H15N3O3. The van der Waals surface area contributed by atoms with E-state index in [1.165, 1.54) is 0 Å². The van der Waals surface area contributed by atoms with Crippen molar-refractivity contribution in [2.24, 2.45) is 17.2 Å². The van der Waals surface area contributed by atoms with E-state index >= 15 is 0 Å². The van der Waals surface area contributed by atoms with Crippen LogP contribution in [0.1, 0.15) is 6.92 Å². The van der Waals surface area contributed by atoms with Gasteiger partial charge in [-0.1, -0.05) is 0 Å². The first-order chi connectivity index (χ1) is 5.50. The van der Waals surface area contributed by atoms with Gasteiger partial charge in [-0.3, -0.25) is 0 Å². The molecule has 0 aliphatic rings. The molecule has 0 aromatic carbocycles. The highest BCUT2D eigenvalue weighted by molar-refractivity contribution is 5.69. The first-order valence-electron chi connectivity index (χ1n) is 2.97. The van der Waals surface area contributed by atoms with Crippen molar-refractivity contribution in [3.63, 3.8) is 0 Å². The van der Waals surface area contributed by atoms with Gasteiger partial charge in [-0.25, -0.2) is 9.59 Å². The van der Waals surface area contributed by atoms with Crippen molar-refractivity contribution in [2.75, 3.05) is 6.61 Å². The van der Waals surface area contributed by atoms with Crippen molar-refractivity contribution >= 4 is 12.1 Å². The Bertz CT molecular complexity index is 123. The largest absolute Gasteiger partial charge is 0.450 e. The van der Waals surface area contributed by atoms with Crippen molar-refractivity contribution in [1.82, 2.24) is 0 Å². The molecule has 0 aromatic heterocycles. The van der Waals surface area contributed by atoms with Crippen LogP contribution in [0.2, 0.25) is 0 Å². The van der Waals surface area contributed by atoms with Crippen LogP contribution in [-0.4, -0.2) is 18.7 Å². The fourth-order valence-corrected chi connectivity index (χ4v) is 0.142. The number of ether oxygens (including phenoxy) is 1. The number of urea groups is 1. The maximum atomic E-state index is 9.60. The molecule has 12 heavy (non-hydrogen) atoms. The fourth-order valence-electron chi connectivity index (χ4n) is 0.142. The van der Waals surface area contributed by atoms with Gasteiger partial charge in [0.1, 0.15) is 0 Å². The molecule has 0 bridgehead atoms. The van der Waals surface area contributed by atoms with E-state index < -0.39 is 12.1 Å². The Hall–Kier alpha value is -1.72. The molecule has 0 aliphatic heterocycles. The molecule has 6 N–H and O–H groups in total. The monoisotopic (exact) mass is 177 g/mol. The summed E-state index contributed by atoms with van der Waals surface area (Å²) >= 11 is 0. The highest BCUT2D eigenvalue weighted by atomic mass is 16.5. The third kappa shape index (κ3) is 268. The average Bonchev–Trinajstić information content (AvgIpc) is 1.90. The number of primary amides is 3. The lowest BCUT2D eigenvalue weighted by Crippen LogP contribution is -2.18. The summed E-state index contributed by atoms with van der Waals surface area (Å²) in [6, 6.07) is -0.833. The van der Waals surface area contributed by atoms with E-state index in [1.807, 2.05) is 0 Å². The van der Waals surface area contributed by atoms with E-state index in [9.17, 15) is 4.79 Å². The number of amides is 3. The minimum absolute atomic E-state index is 0.356. The molecule has 0 heterocycles. The van der Waals surface area contributed by atoms with Crippen molar-refractivity contribution in [3.05, 3.63) is 13.2 Å². The second kappa shape index (κ2) is 16.1. The standard InChI is InChI=1S/C3H7NO2.C2H4.CH4N2O/c1-2-6-3(4)5;1-2;2-1(3)4/h2H2,1H3,(H2,4,5);1-2H2;(H4,2,3,4). The van der Waals surface area contributed by atoms with Gasteiger partial charge in [0.25, 0.3) is 0 Å². The van der Waals surface area contributed by atoms with Crippen LogP contribution < -0.4 is 17.2 Å². The second-order valence-electron chi connectivity index (χ2n) is 1.15. The predicted octanol–water partition coefficient (Wildman–Crippen LogP) is -0.0724. The molecule has 0 saturated heterocycles. The topological polar surface area (TPSA) is 121 Å². The van der Waals surface area contributed by atoms with Crippen LogP contribution >= 0.6 is 0 Å². The Balaban J connectivity index is -0.000000118. The summed E-state index contributed by atoms with van der Waals surface area (Å²) in [7, 11) is 0. The summed E-state index contributed by atoms with van der Waals surface area (Å²) in [5, 5.41) is 0. The molecule has 0 spiro atoms. The molecule has 0 aliphatic carbocycles. The van der Waals surface area contributed by atoms with E-state index in [-0.39, 0.29) is 0 Å². The molecule has 0 fully saturated rings. The van der Waals surface area contributed by atoms with E-state index in [2.05, 4.69) is 35.1 Å². The summed E-state index contributed by atoms with van der Waals surface area (Å²) < 4.78 is 4.18. The Labute approximate surface area is 71.3 Å². The maximum absolute atomic E-state index is 9.60. The quantitative estimate of drug-likeness (QED) is 0.486. The van der Waals surface area contributed by atoms with Crippen LogP contribution in [0.25, 0.3) is 0 Å². The molecule has 0 radical (unpaired) electrons. The Morgan fingerprint density at radius 3 is 1.50 bits per heavy atom. The van der Waals surface area contributed by atoms with Crippen molar-refractivity contribution < 1.29 is 14.3 Å². The van der Waals surface area contributed by atoms with Crippen LogP contribution in [0.3, 0.4) is 0 Å². The van der Waals surface area contributed by atoms with Gasteiger partial charge >= 0.3 is 12.1 Å². The lowest BCUT2D eigenvalue weighted by molar-refractivity contribution is 0.163. The fraction of sp³-hybridized carbons (Fsp3) is 0.333. The lowest BCUT2D eigenvalue weighted by atomic mass is 10.9. The van der Waals surface area contributed by atoms with Crippen molar-refractivity contribution in [1.29, 1.82) is 0 Å². The summed E-state index contributed by atoms with van der Waals surface area (Å²) in [6.45, 7) is 8.06. The van der Waals surface area contributed by atoms with E-state index in [1.54, 1.807) is 6.92 Å². The molecule has 0 saturated carbocycles. The Kier molecular flexibility index (Phi) is 22.5. The van der Waals surface area contributed by atoms with E-state index in [0.717, 1.165) is 0 Å². The average molecular weight is 177 g/mol. The predicted molar refractivity (Wildman–Crippen MR) is 46.2 cm³/mol. The second-order valence-corrected chi connectivity index (χ2v) is 1.15. The number of hydrogen-bond acceptors (Lipinski definition) is 3. The summed E-state index contributed by atoms with van der Waals surface area (Å²) in [5.74, 6) is 0. The summed E-state index contributed by atoms with van der Waals surface area (Å²) in [6.07, 6.45) is -0.711. The minimum atomic E-state index is -0.833. The van der Waals surface area contributed by atoms with Crippen LogP contribution in [0, 0.1) is 0 Å². The van der Waals surface area contributed by atoms with Crippen LogP contribution in [-0.2, 0) is 4.74 Å². The first-order valence-corrected chi connectivity index (χ1v) is 2.97. The molecule has 0 rings (SSSR count). The van der Waals surface area contributed by atoms with Crippen LogP contribution in [0.5, 0.6) is 0 Å². The van der Waals surface area contributed by atoms with Crippen molar-refractivity contribution in [3.8, 4) is 0 Å². The molecular weight excluding hydrogens is 162 g/mol. The van der Waals surface area contributed by atoms with Crippen LogP contribution in [0.15, 0.2) is 13.2 Å². The molecule has 6 nitrogen and oxygen atoms in total. The summed E-state index contributed by atoms with van der Waals surface area (Å²) in [4.78, 5) is 18.6. The molecule has 0 atom stereocenters. The van der Waals surface area contributed by atoms with Gasteiger partial charge < -0.3 is 21.9 Å². The van der Waals surface area contributed by atoms with Gasteiger partial charge in [0.15, 0.2) is 0 Å². The third-order valence-corrected chi connectivity index (χ3v) is 0.287. The zero-order chi connectivity index (χ0) is 10.6. The van der Waals surface area contributed by atoms with Gasteiger partial charge in [0, 0.05) is 0 Å². The zero-order valence-electron chi connectivity index (χ0n) is 7.08. The third-order valence-electron chi connectivity index (χ3n) is 0.287. The van der Waals surface area contributed by atoms with Gasteiger partial charge in [0.2, 0.25) is 0 Å². The smallest absolute Gasteiger partial charge is 0.404 e. The summed E-state index contributed by atoms with van der Waals surface area (Å²) in [5.41, 5.74) is 13.0. The van der Waals surface area contributed by atoms with Gasteiger partial charge in [0.05, 0.1) is 6.61 Å². The minimum Gasteiger partial charge on any atom is -0.450 e. The first kappa shape index (κ1) is 16.7. The lowest BCUT2D eigenvalue weighted by Gasteiger charge is -1.89. The molecule has 6 heteroatoms. The number of carbonyl (C=O) groups is 2. The molecule has 0 aromatic rings. The molecule has 72 valence electrons. The Morgan fingerprint density at radius 1 is 1.25 bits per heavy atom. The zero-order valence-corrected chi connectivity index (χ0v) is 7.08. The SMILES string of the molecule is C=C.CCOC(N)=O.NC(N)=O. The molecule has 0 unspecified atom stereocenters. The number of nitrogens with two attached hydrogens (primary N) is 3. The van der Waals surface area contributed by atoms with Crippen LogP contribution in [0.4, 0.5) is 9.59 Å². The highest BCUT2D eigenvalue weighted by Gasteiger charge is 1.82. The highest BCUT2D eigenvalue weighted by Crippen LogP contribution is 1.66. The Morgan fingerprint density at radius 2 is 1.50 bits per heavy atom. The number of rotatable bonds is 1. The number of hydrogen-bond donors (Lipinski definition) is 3. The molecule has 3 amide bonds. The van der Waals surface area contributed by atoms with E-state index in [4.69, 9.17) is 4.79 Å².